The first kappa shape index (κ1) is 13.1. The SMILES string of the molecule is NCCN(C(=O)CC12CC3CC(CC(C3)C1)C2)C1CC1. The number of carbonyl (C=O) groups excluding carboxylic acids is 1. The number of nitrogens with two attached hydrogens (primary N) is 1. The van der Waals surface area contributed by atoms with Crippen LogP contribution in [0.2, 0.25) is 0 Å². The Morgan fingerprint density at radius 3 is 2.05 bits per heavy atom. The maximum atomic E-state index is 12.8. The van der Waals surface area contributed by atoms with Gasteiger partial charge in [0.25, 0.3) is 0 Å². The Hall–Kier alpha value is -0.570. The van der Waals surface area contributed by atoms with Crippen LogP contribution in [0, 0.1) is 23.2 Å². The van der Waals surface area contributed by atoms with Crippen molar-refractivity contribution < 1.29 is 4.79 Å². The Labute approximate surface area is 122 Å². The van der Waals surface area contributed by atoms with Crippen molar-refractivity contribution in [3.05, 3.63) is 0 Å². The second-order valence-electron chi connectivity index (χ2n) is 8.20. The van der Waals surface area contributed by atoms with Gasteiger partial charge in [-0.1, -0.05) is 0 Å². The highest BCUT2D eigenvalue weighted by Gasteiger charge is 2.52. The molecule has 3 heteroatoms. The van der Waals surface area contributed by atoms with Gasteiger partial charge in [-0.2, -0.15) is 0 Å². The second kappa shape index (κ2) is 4.72. The lowest BCUT2D eigenvalue weighted by Gasteiger charge is -2.57. The maximum absolute atomic E-state index is 12.8. The molecule has 5 saturated carbocycles. The quantitative estimate of drug-likeness (QED) is 0.839. The highest BCUT2D eigenvalue weighted by molar-refractivity contribution is 5.77. The predicted molar refractivity (Wildman–Crippen MR) is 79.0 cm³/mol. The lowest BCUT2D eigenvalue weighted by molar-refractivity contribution is -0.140. The van der Waals surface area contributed by atoms with Gasteiger partial charge in [0.2, 0.25) is 5.91 Å². The fraction of sp³-hybridized carbons (Fsp3) is 0.941. The summed E-state index contributed by atoms with van der Waals surface area (Å²) in [5.74, 6) is 3.24. The van der Waals surface area contributed by atoms with E-state index in [1.807, 2.05) is 0 Å². The summed E-state index contributed by atoms with van der Waals surface area (Å²) >= 11 is 0. The zero-order valence-corrected chi connectivity index (χ0v) is 12.5. The smallest absolute Gasteiger partial charge is 0.223 e. The monoisotopic (exact) mass is 276 g/mol. The molecule has 20 heavy (non-hydrogen) atoms. The summed E-state index contributed by atoms with van der Waals surface area (Å²) < 4.78 is 0. The van der Waals surface area contributed by atoms with Gasteiger partial charge in [-0.15, -0.1) is 0 Å². The third-order valence-electron chi connectivity index (χ3n) is 6.37. The van der Waals surface area contributed by atoms with Gasteiger partial charge >= 0.3 is 0 Å². The first-order chi connectivity index (χ1) is 9.67. The molecule has 0 radical (unpaired) electrons. The van der Waals surface area contributed by atoms with Crippen molar-refractivity contribution in [1.82, 2.24) is 4.90 Å². The van der Waals surface area contributed by atoms with Crippen LogP contribution in [-0.4, -0.2) is 29.9 Å². The number of rotatable bonds is 5. The molecule has 0 heterocycles. The van der Waals surface area contributed by atoms with Gasteiger partial charge in [0, 0.05) is 25.6 Å². The van der Waals surface area contributed by atoms with E-state index in [9.17, 15) is 4.79 Å². The molecular weight excluding hydrogens is 248 g/mol. The van der Waals surface area contributed by atoms with Crippen molar-refractivity contribution in [1.29, 1.82) is 0 Å². The fourth-order valence-electron chi connectivity index (χ4n) is 5.97. The van der Waals surface area contributed by atoms with Gasteiger partial charge in [-0.05, 0) is 74.5 Å². The van der Waals surface area contributed by atoms with E-state index in [-0.39, 0.29) is 0 Å². The average molecular weight is 276 g/mol. The van der Waals surface area contributed by atoms with E-state index in [2.05, 4.69) is 4.90 Å². The van der Waals surface area contributed by atoms with Crippen LogP contribution in [0.3, 0.4) is 0 Å². The zero-order chi connectivity index (χ0) is 13.7. The summed E-state index contributed by atoms with van der Waals surface area (Å²) in [5, 5.41) is 0. The molecule has 3 nitrogen and oxygen atoms in total. The summed E-state index contributed by atoms with van der Waals surface area (Å²) in [4.78, 5) is 14.9. The summed E-state index contributed by atoms with van der Waals surface area (Å²) in [6, 6.07) is 0.528. The summed E-state index contributed by atoms with van der Waals surface area (Å²) in [6.07, 6.45) is 11.6. The molecule has 0 aromatic rings. The third-order valence-corrected chi connectivity index (χ3v) is 6.37. The number of hydrogen-bond acceptors (Lipinski definition) is 2. The van der Waals surface area contributed by atoms with E-state index in [1.165, 1.54) is 51.4 Å². The fourth-order valence-corrected chi connectivity index (χ4v) is 5.97. The highest BCUT2D eigenvalue weighted by atomic mass is 16.2. The van der Waals surface area contributed by atoms with E-state index in [0.29, 0.717) is 23.9 Å². The van der Waals surface area contributed by atoms with E-state index < -0.39 is 0 Å². The number of nitrogens with zero attached hydrogens (tertiary/aromatic N) is 1. The van der Waals surface area contributed by atoms with E-state index in [4.69, 9.17) is 5.73 Å². The van der Waals surface area contributed by atoms with Crippen LogP contribution in [0.4, 0.5) is 0 Å². The molecule has 0 unspecified atom stereocenters. The Morgan fingerprint density at radius 1 is 1.05 bits per heavy atom. The number of amides is 1. The molecule has 0 aromatic heterocycles. The molecule has 5 aliphatic rings. The molecule has 4 bridgehead atoms. The number of carbonyl (C=O) groups is 1. The Kier molecular flexibility index (Phi) is 3.10. The molecule has 0 spiro atoms. The van der Waals surface area contributed by atoms with Crippen molar-refractivity contribution in [2.45, 2.75) is 63.8 Å². The molecule has 5 aliphatic carbocycles. The van der Waals surface area contributed by atoms with Crippen LogP contribution < -0.4 is 5.73 Å². The summed E-state index contributed by atoms with van der Waals surface area (Å²) in [6.45, 7) is 1.39. The van der Waals surface area contributed by atoms with Crippen LogP contribution in [0.5, 0.6) is 0 Å². The minimum Gasteiger partial charge on any atom is -0.338 e. The Balaban J connectivity index is 1.46. The minimum absolute atomic E-state index is 0.383. The molecule has 5 fully saturated rings. The van der Waals surface area contributed by atoms with Crippen molar-refractivity contribution in [2.75, 3.05) is 13.1 Å². The van der Waals surface area contributed by atoms with Gasteiger partial charge in [-0.3, -0.25) is 4.79 Å². The van der Waals surface area contributed by atoms with Crippen molar-refractivity contribution in [3.8, 4) is 0 Å². The maximum Gasteiger partial charge on any atom is 0.223 e. The molecule has 0 aromatic carbocycles. The third kappa shape index (κ3) is 2.28. The molecule has 0 atom stereocenters. The van der Waals surface area contributed by atoms with Crippen LogP contribution in [0.25, 0.3) is 0 Å². The molecule has 1 amide bonds. The van der Waals surface area contributed by atoms with Crippen LogP contribution in [0.15, 0.2) is 0 Å². The Morgan fingerprint density at radius 2 is 1.60 bits per heavy atom. The first-order valence-corrected chi connectivity index (χ1v) is 8.67. The lowest BCUT2D eigenvalue weighted by atomic mass is 9.49. The molecule has 0 saturated heterocycles. The molecular formula is C17H28N2O. The van der Waals surface area contributed by atoms with Gasteiger partial charge in [0.05, 0.1) is 0 Å². The largest absolute Gasteiger partial charge is 0.338 e. The van der Waals surface area contributed by atoms with Gasteiger partial charge in [0.15, 0.2) is 0 Å². The van der Waals surface area contributed by atoms with Gasteiger partial charge in [-0.25, -0.2) is 0 Å². The standard InChI is InChI=1S/C17H28N2O/c18-3-4-19(15-1-2-15)16(20)11-17-8-12-5-13(9-17)7-14(6-12)10-17/h12-15H,1-11,18H2. The normalized spacial score (nSPS) is 42.0. The molecule has 2 N–H and O–H groups in total. The average Bonchev–Trinajstić information content (AvgIpc) is 3.17. The van der Waals surface area contributed by atoms with Crippen molar-refractivity contribution >= 4 is 5.91 Å². The van der Waals surface area contributed by atoms with Crippen LogP contribution in [-0.2, 0) is 4.79 Å². The lowest BCUT2D eigenvalue weighted by Crippen LogP contribution is -2.49. The van der Waals surface area contributed by atoms with Crippen molar-refractivity contribution in [3.63, 3.8) is 0 Å². The number of hydrogen-bond donors (Lipinski definition) is 1. The van der Waals surface area contributed by atoms with Crippen molar-refractivity contribution in [2.24, 2.45) is 28.9 Å². The zero-order valence-electron chi connectivity index (χ0n) is 12.5. The minimum atomic E-state index is 0.383. The van der Waals surface area contributed by atoms with Gasteiger partial charge in [0.1, 0.15) is 0 Å². The molecule has 0 aliphatic heterocycles. The molecule has 112 valence electrons. The van der Waals surface area contributed by atoms with E-state index >= 15 is 0 Å². The first-order valence-electron chi connectivity index (χ1n) is 8.67. The highest BCUT2D eigenvalue weighted by Crippen LogP contribution is 2.61. The van der Waals surface area contributed by atoms with E-state index in [1.54, 1.807) is 0 Å². The van der Waals surface area contributed by atoms with E-state index in [0.717, 1.165) is 30.7 Å². The predicted octanol–water partition coefficient (Wildman–Crippen LogP) is 2.54. The summed E-state index contributed by atoms with van der Waals surface area (Å²) in [5.41, 5.74) is 6.08. The van der Waals surface area contributed by atoms with Crippen LogP contribution in [0.1, 0.15) is 57.8 Å². The van der Waals surface area contributed by atoms with Crippen LogP contribution >= 0.6 is 0 Å². The second-order valence-corrected chi connectivity index (χ2v) is 8.20. The topological polar surface area (TPSA) is 46.3 Å². The molecule has 5 rings (SSSR count). The van der Waals surface area contributed by atoms with Gasteiger partial charge < -0.3 is 10.6 Å². The Bertz CT molecular complexity index is 367. The summed E-state index contributed by atoms with van der Waals surface area (Å²) in [7, 11) is 0.